The Morgan fingerprint density at radius 3 is 2.28 bits per heavy atom. The highest BCUT2D eigenvalue weighted by Crippen LogP contribution is 2.36. The normalized spacial score (nSPS) is 13.1. The second kappa shape index (κ2) is 7.76. The summed E-state index contributed by atoms with van der Waals surface area (Å²) >= 11 is 1.31. The number of thioether (sulfide) groups is 1. The molecule has 0 aliphatic carbocycles. The molecule has 3 aromatic carbocycles. The van der Waals surface area contributed by atoms with Gasteiger partial charge in [0.1, 0.15) is 5.52 Å². The molecule has 0 saturated carbocycles. The number of benzene rings is 3. The van der Waals surface area contributed by atoms with E-state index in [1.807, 2.05) is 65.6 Å². The maximum Gasteiger partial charge on any atom is 0.242 e. The van der Waals surface area contributed by atoms with Crippen molar-refractivity contribution in [2.75, 3.05) is 10.7 Å². The summed E-state index contributed by atoms with van der Waals surface area (Å²) in [5, 5.41) is 10.1. The summed E-state index contributed by atoms with van der Waals surface area (Å²) in [5.41, 5.74) is 6.66. The average molecular weight is 438 g/mol. The number of carbonyl (C=O) groups excluding carboxylic acids is 1. The van der Waals surface area contributed by atoms with Crippen LogP contribution in [0.25, 0.3) is 22.1 Å². The molecule has 0 fully saturated rings. The molecule has 32 heavy (non-hydrogen) atoms. The lowest BCUT2D eigenvalue weighted by atomic mass is 10.0. The molecule has 1 aliphatic rings. The van der Waals surface area contributed by atoms with Crippen molar-refractivity contribution in [2.45, 2.75) is 18.0 Å². The first-order chi connectivity index (χ1) is 15.8. The Labute approximate surface area is 188 Å². The Kier molecular flexibility index (Phi) is 4.61. The van der Waals surface area contributed by atoms with Crippen molar-refractivity contribution in [1.82, 2.24) is 20.2 Å². The van der Waals surface area contributed by atoms with Gasteiger partial charge in [-0.2, -0.15) is 0 Å². The van der Waals surface area contributed by atoms with Crippen LogP contribution >= 0.6 is 11.8 Å². The van der Waals surface area contributed by atoms with E-state index in [9.17, 15) is 4.79 Å². The third kappa shape index (κ3) is 3.22. The zero-order valence-electron chi connectivity index (χ0n) is 17.2. The number of fused-ring (bicyclic) bond motifs is 5. The van der Waals surface area contributed by atoms with Gasteiger partial charge in [-0.1, -0.05) is 66.4 Å². The molecule has 0 atom stereocenters. The Morgan fingerprint density at radius 2 is 1.53 bits per heavy atom. The van der Waals surface area contributed by atoms with Crippen molar-refractivity contribution in [3.8, 4) is 0 Å². The summed E-state index contributed by atoms with van der Waals surface area (Å²) in [6.45, 7) is 0. The van der Waals surface area contributed by atoms with Crippen LogP contribution in [0, 0.1) is 0 Å². The van der Waals surface area contributed by atoms with Crippen LogP contribution in [-0.2, 0) is 17.6 Å². The molecule has 156 valence electrons. The van der Waals surface area contributed by atoms with Gasteiger partial charge in [-0.3, -0.25) is 9.69 Å². The number of nitrogens with one attached hydrogen (secondary N) is 1. The van der Waals surface area contributed by atoms with Gasteiger partial charge >= 0.3 is 0 Å². The number of aryl methyl sites for hydroxylation is 2. The highest BCUT2D eigenvalue weighted by Gasteiger charge is 2.25. The number of para-hydroxylation sites is 3. The van der Waals surface area contributed by atoms with E-state index in [0.29, 0.717) is 10.8 Å². The van der Waals surface area contributed by atoms with Crippen LogP contribution in [0.5, 0.6) is 0 Å². The number of anilines is 2. The van der Waals surface area contributed by atoms with E-state index in [1.54, 1.807) is 0 Å². The molecule has 1 amide bonds. The van der Waals surface area contributed by atoms with E-state index in [-0.39, 0.29) is 11.7 Å². The van der Waals surface area contributed by atoms with Gasteiger partial charge in [0, 0.05) is 10.9 Å². The average Bonchev–Trinajstić information content (AvgIpc) is 3.11. The molecule has 3 heterocycles. The third-order valence-corrected chi connectivity index (χ3v) is 6.63. The first-order valence-corrected chi connectivity index (χ1v) is 11.5. The molecule has 6 nitrogen and oxygen atoms in total. The Balaban J connectivity index is 1.31. The molecule has 2 aromatic heterocycles. The zero-order valence-corrected chi connectivity index (χ0v) is 18.0. The number of nitrogens with zero attached hydrogens (tertiary/aromatic N) is 4. The summed E-state index contributed by atoms with van der Waals surface area (Å²) in [6.07, 6.45) is 1.82. The lowest BCUT2D eigenvalue weighted by Gasteiger charge is -2.24. The van der Waals surface area contributed by atoms with E-state index in [4.69, 9.17) is 0 Å². The SMILES string of the molecule is O=C(CSc1nnc2c(n1)[nH]c1ccccc12)N1c2ccccc2CCc2ccccc21. The molecule has 5 aromatic rings. The second-order valence-corrected chi connectivity index (χ2v) is 8.68. The molecule has 0 unspecified atom stereocenters. The lowest BCUT2D eigenvalue weighted by molar-refractivity contribution is -0.115. The van der Waals surface area contributed by atoms with Crippen molar-refractivity contribution in [3.63, 3.8) is 0 Å². The molecule has 1 N–H and O–H groups in total. The standard InChI is InChI=1S/C25H19N5OS/c31-22(15-32-25-27-24-23(28-29-25)18-9-3-4-10-19(18)26-24)30-20-11-5-1-7-16(20)13-14-17-8-2-6-12-21(17)30/h1-12H,13-15H2,(H,26,27,29). The van der Waals surface area contributed by atoms with Crippen molar-refractivity contribution >= 4 is 51.1 Å². The van der Waals surface area contributed by atoms with Gasteiger partial charge in [-0.15, -0.1) is 10.2 Å². The van der Waals surface area contributed by atoms with Gasteiger partial charge in [0.2, 0.25) is 11.1 Å². The molecular formula is C25H19N5OS. The quantitative estimate of drug-likeness (QED) is 0.399. The first-order valence-electron chi connectivity index (χ1n) is 10.5. The number of aromatic amines is 1. The van der Waals surface area contributed by atoms with Crippen LogP contribution in [0.3, 0.4) is 0 Å². The smallest absolute Gasteiger partial charge is 0.242 e. The van der Waals surface area contributed by atoms with Gasteiger partial charge in [0.25, 0.3) is 0 Å². The minimum Gasteiger partial charge on any atom is -0.338 e. The fourth-order valence-corrected chi connectivity index (χ4v) is 4.94. The summed E-state index contributed by atoms with van der Waals surface area (Å²) in [7, 11) is 0. The highest BCUT2D eigenvalue weighted by atomic mass is 32.2. The van der Waals surface area contributed by atoms with Crippen LogP contribution in [0.4, 0.5) is 11.4 Å². The topological polar surface area (TPSA) is 74.8 Å². The number of rotatable bonds is 3. The third-order valence-electron chi connectivity index (χ3n) is 5.81. The van der Waals surface area contributed by atoms with Gasteiger partial charge in [0.15, 0.2) is 5.65 Å². The molecule has 0 saturated heterocycles. The van der Waals surface area contributed by atoms with Gasteiger partial charge in [-0.25, -0.2) is 4.98 Å². The molecule has 1 aliphatic heterocycles. The molecule has 0 spiro atoms. The maximum absolute atomic E-state index is 13.5. The molecular weight excluding hydrogens is 418 g/mol. The number of H-pyrrole nitrogens is 1. The molecule has 6 rings (SSSR count). The highest BCUT2D eigenvalue weighted by molar-refractivity contribution is 7.99. The van der Waals surface area contributed by atoms with E-state index in [1.165, 1.54) is 22.9 Å². The maximum atomic E-state index is 13.5. The number of hydrogen-bond acceptors (Lipinski definition) is 5. The van der Waals surface area contributed by atoms with Crippen LogP contribution in [-0.4, -0.2) is 31.8 Å². The number of hydrogen-bond donors (Lipinski definition) is 1. The number of amides is 1. The van der Waals surface area contributed by atoms with E-state index < -0.39 is 0 Å². The van der Waals surface area contributed by atoms with Gasteiger partial charge in [0.05, 0.1) is 17.1 Å². The molecule has 7 heteroatoms. The Bertz CT molecular complexity index is 1430. The number of aromatic nitrogens is 4. The largest absolute Gasteiger partial charge is 0.338 e. The minimum atomic E-state index is -0.00264. The fraction of sp³-hybridized carbons (Fsp3) is 0.120. The minimum absolute atomic E-state index is 0.00264. The number of carbonyl (C=O) groups is 1. The monoisotopic (exact) mass is 437 g/mol. The van der Waals surface area contributed by atoms with Crippen LogP contribution in [0.15, 0.2) is 78.0 Å². The summed E-state index contributed by atoms with van der Waals surface area (Å²) in [5.74, 6) is 0.216. The first kappa shape index (κ1) is 19.0. The van der Waals surface area contributed by atoms with E-state index in [0.717, 1.165) is 40.6 Å². The Hall–Kier alpha value is -3.71. The van der Waals surface area contributed by atoms with E-state index >= 15 is 0 Å². The lowest BCUT2D eigenvalue weighted by Crippen LogP contribution is -2.28. The predicted molar refractivity (Wildman–Crippen MR) is 127 cm³/mol. The van der Waals surface area contributed by atoms with Crippen LogP contribution in [0.1, 0.15) is 11.1 Å². The summed E-state index contributed by atoms with van der Waals surface area (Å²) in [4.78, 5) is 23.2. The second-order valence-electron chi connectivity index (χ2n) is 7.74. The molecule has 0 radical (unpaired) electrons. The van der Waals surface area contributed by atoms with Gasteiger partial charge < -0.3 is 4.98 Å². The van der Waals surface area contributed by atoms with Crippen LogP contribution in [0.2, 0.25) is 0 Å². The van der Waals surface area contributed by atoms with E-state index in [2.05, 4.69) is 32.3 Å². The van der Waals surface area contributed by atoms with Crippen LogP contribution < -0.4 is 4.90 Å². The Morgan fingerprint density at radius 1 is 0.875 bits per heavy atom. The molecule has 0 bridgehead atoms. The van der Waals surface area contributed by atoms with Gasteiger partial charge in [-0.05, 0) is 42.2 Å². The predicted octanol–water partition coefficient (Wildman–Crippen LogP) is 5.06. The summed E-state index contributed by atoms with van der Waals surface area (Å²) in [6, 6.07) is 24.2. The fourth-order valence-electron chi connectivity index (χ4n) is 4.31. The van der Waals surface area contributed by atoms with Crippen molar-refractivity contribution in [2.24, 2.45) is 0 Å². The summed E-state index contributed by atoms with van der Waals surface area (Å²) < 4.78 is 0. The van der Waals surface area contributed by atoms with Crippen molar-refractivity contribution in [3.05, 3.63) is 83.9 Å². The van der Waals surface area contributed by atoms with Crippen molar-refractivity contribution < 1.29 is 4.79 Å². The zero-order chi connectivity index (χ0) is 21.5. The van der Waals surface area contributed by atoms with Crippen molar-refractivity contribution in [1.29, 1.82) is 0 Å².